The third-order valence-electron chi connectivity index (χ3n) is 2.26. The van der Waals surface area contributed by atoms with Gasteiger partial charge in [0.2, 0.25) is 0 Å². The minimum Gasteiger partial charge on any atom is -0.323 e. The van der Waals surface area contributed by atoms with Gasteiger partial charge in [-0.1, -0.05) is 51.5 Å². The number of unbranched alkanes of at least 4 members (excludes halogenated alkanes) is 5. The van der Waals surface area contributed by atoms with Gasteiger partial charge in [0.05, 0.1) is 0 Å². The van der Waals surface area contributed by atoms with Crippen LogP contribution in [0.1, 0.15) is 58.3 Å². The van der Waals surface area contributed by atoms with E-state index in [0.717, 1.165) is 18.9 Å². The minimum atomic E-state index is 0.884. The molecule has 0 unspecified atom stereocenters. The average Bonchev–Trinajstić information content (AvgIpc) is 2.11. The van der Waals surface area contributed by atoms with E-state index in [2.05, 4.69) is 13.5 Å². The van der Waals surface area contributed by atoms with Crippen molar-refractivity contribution in [3.05, 3.63) is 18.7 Å². The van der Waals surface area contributed by atoms with Crippen LogP contribution in [0, 0.1) is 6.04 Å². The van der Waals surface area contributed by atoms with Crippen molar-refractivity contribution in [1.29, 1.82) is 0 Å². The summed E-state index contributed by atoms with van der Waals surface area (Å²) in [5.41, 5.74) is 5.77. The van der Waals surface area contributed by atoms with Crippen LogP contribution in [0.3, 0.4) is 0 Å². The van der Waals surface area contributed by atoms with Gasteiger partial charge in [0.15, 0.2) is 0 Å². The Morgan fingerprint density at radius 3 is 2.38 bits per heavy atom. The monoisotopic (exact) mass is 182 g/mol. The van der Waals surface area contributed by atoms with Gasteiger partial charge >= 0.3 is 0 Å². The zero-order valence-electron chi connectivity index (χ0n) is 9.02. The van der Waals surface area contributed by atoms with E-state index in [-0.39, 0.29) is 0 Å². The Labute approximate surface area is 83.4 Å². The maximum absolute atomic E-state index is 5.77. The first kappa shape index (κ1) is 12.7. The van der Waals surface area contributed by atoms with Gasteiger partial charge in [0.25, 0.3) is 0 Å². The molecule has 0 aromatic rings. The lowest BCUT2D eigenvalue weighted by atomic mass is 10.0. The van der Waals surface area contributed by atoms with Gasteiger partial charge in [-0.2, -0.15) is 0 Å². The predicted octanol–water partition coefficient (Wildman–Crippen LogP) is 3.80. The summed E-state index contributed by atoms with van der Waals surface area (Å²) in [7, 11) is 0. The van der Waals surface area contributed by atoms with Crippen molar-refractivity contribution in [2.24, 2.45) is 5.73 Å². The molecule has 0 bridgehead atoms. The van der Waals surface area contributed by atoms with Gasteiger partial charge in [-0.3, -0.25) is 0 Å². The van der Waals surface area contributed by atoms with Crippen molar-refractivity contribution in [3.8, 4) is 0 Å². The Morgan fingerprint density at radius 1 is 1.15 bits per heavy atom. The van der Waals surface area contributed by atoms with Crippen molar-refractivity contribution in [1.82, 2.24) is 0 Å². The van der Waals surface area contributed by atoms with E-state index in [4.69, 9.17) is 5.73 Å². The summed E-state index contributed by atoms with van der Waals surface area (Å²) in [6, 6.07) is 1.09. The van der Waals surface area contributed by atoms with Crippen LogP contribution in [0.4, 0.5) is 0 Å². The van der Waals surface area contributed by atoms with Crippen molar-refractivity contribution in [3.63, 3.8) is 0 Å². The van der Waals surface area contributed by atoms with Crippen LogP contribution >= 0.6 is 0 Å². The third kappa shape index (κ3) is 9.62. The molecule has 0 saturated heterocycles. The highest BCUT2D eigenvalue weighted by molar-refractivity contribution is 4.89. The van der Waals surface area contributed by atoms with E-state index in [0.29, 0.717) is 0 Å². The van der Waals surface area contributed by atoms with Gasteiger partial charge in [-0.15, -0.1) is 6.58 Å². The van der Waals surface area contributed by atoms with Crippen molar-refractivity contribution < 1.29 is 0 Å². The molecule has 13 heavy (non-hydrogen) atoms. The zero-order chi connectivity index (χ0) is 9.94. The van der Waals surface area contributed by atoms with E-state index >= 15 is 0 Å². The molecule has 0 aliphatic heterocycles. The van der Waals surface area contributed by atoms with Crippen molar-refractivity contribution in [2.75, 3.05) is 0 Å². The molecular formula is C12H24N. The lowest BCUT2D eigenvalue weighted by molar-refractivity contribution is 0.586. The highest BCUT2D eigenvalue weighted by Crippen LogP contribution is 2.12. The van der Waals surface area contributed by atoms with Crippen molar-refractivity contribution in [2.45, 2.75) is 58.3 Å². The van der Waals surface area contributed by atoms with Gasteiger partial charge in [0.1, 0.15) is 0 Å². The van der Waals surface area contributed by atoms with Crippen LogP contribution in [-0.2, 0) is 0 Å². The highest BCUT2D eigenvalue weighted by atomic mass is 14.6. The maximum atomic E-state index is 5.77. The van der Waals surface area contributed by atoms with Gasteiger partial charge in [0, 0.05) is 6.04 Å². The van der Waals surface area contributed by atoms with Crippen LogP contribution in [0.2, 0.25) is 0 Å². The molecule has 0 amide bonds. The summed E-state index contributed by atoms with van der Waals surface area (Å²) in [5.74, 6) is 0. The molecule has 0 aliphatic rings. The smallest absolute Gasteiger partial charge is 0.0374 e. The standard InChI is InChI=1S/C12H24N/c1-3-5-6-7-8-9-11-12(13)10-4-2/h4H,2-3,5-11,13H2,1H3. The lowest BCUT2D eigenvalue weighted by Crippen LogP contribution is -2.07. The maximum Gasteiger partial charge on any atom is 0.0374 e. The van der Waals surface area contributed by atoms with Crippen LogP contribution in [0.25, 0.3) is 0 Å². The summed E-state index contributed by atoms with van der Waals surface area (Å²) in [6.07, 6.45) is 11.9. The fourth-order valence-corrected chi connectivity index (χ4v) is 1.42. The van der Waals surface area contributed by atoms with Crippen LogP contribution in [0.5, 0.6) is 0 Å². The fraction of sp³-hybridized carbons (Fsp3) is 0.750. The van der Waals surface area contributed by atoms with Gasteiger partial charge < -0.3 is 5.73 Å². The summed E-state index contributed by atoms with van der Waals surface area (Å²) >= 11 is 0. The quantitative estimate of drug-likeness (QED) is 0.426. The Balaban J connectivity index is 3.01. The molecule has 1 nitrogen and oxygen atoms in total. The van der Waals surface area contributed by atoms with Crippen LogP contribution < -0.4 is 5.73 Å². The van der Waals surface area contributed by atoms with Gasteiger partial charge in [-0.05, 0) is 12.8 Å². The highest BCUT2D eigenvalue weighted by Gasteiger charge is 1.99. The molecule has 0 heterocycles. The Hall–Kier alpha value is -0.300. The molecule has 1 heteroatoms. The minimum absolute atomic E-state index is 0.884. The molecule has 0 fully saturated rings. The number of rotatable bonds is 9. The first-order chi connectivity index (χ1) is 6.31. The first-order valence-electron chi connectivity index (χ1n) is 5.52. The summed E-state index contributed by atoms with van der Waals surface area (Å²) in [6.45, 7) is 5.91. The molecule has 2 N–H and O–H groups in total. The Kier molecular flexibility index (Phi) is 9.56. The second-order valence-electron chi connectivity index (χ2n) is 3.67. The molecule has 0 atom stereocenters. The van der Waals surface area contributed by atoms with Crippen LogP contribution in [-0.4, -0.2) is 0 Å². The molecule has 0 saturated carbocycles. The molecule has 0 rings (SSSR count). The summed E-state index contributed by atoms with van der Waals surface area (Å²) < 4.78 is 0. The van der Waals surface area contributed by atoms with E-state index in [9.17, 15) is 0 Å². The molecule has 0 aromatic carbocycles. The Morgan fingerprint density at radius 2 is 1.77 bits per heavy atom. The average molecular weight is 182 g/mol. The third-order valence-corrected chi connectivity index (χ3v) is 2.26. The molecule has 0 spiro atoms. The predicted molar refractivity (Wildman–Crippen MR) is 60.2 cm³/mol. The van der Waals surface area contributed by atoms with E-state index in [1.54, 1.807) is 0 Å². The zero-order valence-corrected chi connectivity index (χ0v) is 9.02. The summed E-state index contributed by atoms with van der Waals surface area (Å²) in [5, 5.41) is 0. The topological polar surface area (TPSA) is 26.0 Å². The van der Waals surface area contributed by atoms with Gasteiger partial charge in [-0.25, -0.2) is 0 Å². The number of hydrogen-bond acceptors (Lipinski definition) is 1. The normalized spacial score (nSPS) is 10.7. The summed E-state index contributed by atoms with van der Waals surface area (Å²) in [4.78, 5) is 0. The second-order valence-corrected chi connectivity index (χ2v) is 3.67. The Bertz CT molecular complexity index is 110. The van der Waals surface area contributed by atoms with E-state index < -0.39 is 0 Å². The molecule has 0 aromatic heterocycles. The lowest BCUT2D eigenvalue weighted by Gasteiger charge is -2.06. The van der Waals surface area contributed by atoms with Crippen molar-refractivity contribution >= 4 is 0 Å². The first-order valence-corrected chi connectivity index (χ1v) is 5.52. The molecule has 0 aliphatic carbocycles. The largest absolute Gasteiger partial charge is 0.323 e. The second kappa shape index (κ2) is 9.79. The molecular weight excluding hydrogens is 158 g/mol. The van der Waals surface area contributed by atoms with Crippen LogP contribution in [0.15, 0.2) is 12.7 Å². The fourth-order valence-electron chi connectivity index (χ4n) is 1.42. The molecule has 1 radical (unpaired) electrons. The number of hydrogen-bond donors (Lipinski definition) is 1. The van der Waals surface area contributed by atoms with E-state index in [1.165, 1.54) is 38.5 Å². The molecule has 77 valence electrons. The van der Waals surface area contributed by atoms with E-state index in [1.807, 2.05) is 6.08 Å². The number of nitrogens with two attached hydrogens (primary N) is 1. The SMILES string of the molecule is C=CC[C](N)CCCCCCCC.